The van der Waals surface area contributed by atoms with Gasteiger partial charge in [-0.2, -0.15) is 4.31 Å². The van der Waals surface area contributed by atoms with Crippen LogP contribution in [0.1, 0.15) is 25.0 Å². The highest BCUT2D eigenvalue weighted by atomic mass is 32.2. The van der Waals surface area contributed by atoms with Crippen LogP contribution in [-0.4, -0.2) is 44.7 Å². The van der Waals surface area contributed by atoms with Gasteiger partial charge in [-0.15, -0.1) is 0 Å². The van der Waals surface area contributed by atoms with Gasteiger partial charge in [-0.1, -0.05) is 0 Å². The average molecular weight is 373 g/mol. The maximum Gasteiger partial charge on any atom is 0.262 e. The number of aromatic nitrogens is 4. The Hall–Kier alpha value is -2.19. The van der Waals surface area contributed by atoms with Crippen LogP contribution >= 0.6 is 0 Å². The summed E-state index contributed by atoms with van der Waals surface area (Å²) in [5.41, 5.74) is 2.22. The second kappa shape index (κ2) is 6.85. The zero-order valence-electron chi connectivity index (χ0n) is 14.8. The second-order valence-electron chi connectivity index (χ2n) is 6.96. The van der Waals surface area contributed by atoms with Crippen LogP contribution in [0.15, 0.2) is 48.3 Å². The molecule has 0 unspecified atom stereocenters. The second-order valence-corrected chi connectivity index (χ2v) is 8.84. The Bertz CT molecular complexity index is 1010. The molecule has 138 valence electrons. The molecule has 8 heteroatoms. The predicted molar refractivity (Wildman–Crippen MR) is 98.2 cm³/mol. The van der Waals surface area contributed by atoms with E-state index in [2.05, 4.69) is 20.4 Å². The number of imidazole rings is 1. The van der Waals surface area contributed by atoms with Gasteiger partial charge in [0, 0.05) is 44.9 Å². The van der Waals surface area contributed by atoms with Gasteiger partial charge in [0.05, 0.1) is 17.5 Å². The molecule has 1 saturated heterocycles. The Morgan fingerprint density at radius 1 is 1.19 bits per heavy atom. The van der Waals surface area contributed by atoms with Crippen LogP contribution in [0.3, 0.4) is 0 Å². The number of hydrogen-bond acceptors (Lipinski definition) is 4. The highest BCUT2D eigenvalue weighted by Gasteiger charge is 2.29. The molecule has 4 heterocycles. The Balaban J connectivity index is 1.47. The van der Waals surface area contributed by atoms with Crippen molar-refractivity contribution in [2.24, 2.45) is 13.0 Å². The maximum absolute atomic E-state index is 12.8. The first-order valence-electron chi connectivity index (χ1n) is 8.93. The molecule has 3 aromatic heterocycles. The minimum atomic E-state index is -3.50. The largest absolute Gasteiger partial charge is 0.339 e. The van der Waals surface area contributed by atoms with Crippen molar-refractivity contribution in [2.45, 2.75) is 30.7 Å². The molecule has 0 N–H and O–H groups in total. The first-order chi connectivity index (χ1) is 12.5. The van der Waals surface area contributed by atoms with Crippen molar-refractivity contribution < 1.29 is 8.42 Å². The minimum absolute atomic E-state index is 0.137. The van der Waals surface area contributed by atoms with Gasteiger partial charge in [-0.3, -0.25) is 4.98 Å². The fourth-order valence-electron chi connectivity index (χ4n) is 3.70. The van der Waals surface area contributed by atoms with Gasteiger partial charge in [0.2, 0.25) is 0 Å². The number of aryl methyl sites for hydroxylation is 1. The van der Waals surface area contributed by atoms with E-state index in [0.29, 0.717) is 19.0 Å². The van der Waals surface area contributed by atoms with E-state index in [9.17, 15) is 8.42 Å². The van der Waals surface area contributed by atoms with Gasteiger partial charge in [-0.05, 0) is 43.7 Å². The SMILES string of the molecule is Cn1cnc(S(=O)(=O)N2CCC[C@@H](Cc3nccn4cccc34)CC2)c1. The highest BCUT2D eigenvalue weighted by molar-refractivity contribution is 7.89. The Morgan fingerprint density at radius 2 is 2.08 bits per heavy atom. The quantitative estimate of drug-likeness (QED) is 0.702. The van der Waals surface area contributed by atoms with E-state index in [1.807, 2.05) is 24.7 Å². The lowest BCUT2D eigenvalue weighted by Crippen LogP contribution is -2.32. The molecular weight excluding hydrogens is 350 g/mol. The minimum Gasteiger partial charge on any atom is -0.339 e. The van der Waals surface area contributed by atoms with Gasteiger partial charge in [0.15, 0.2) is 5.03 Å². The molecule has 0 saturated carbocycles. The highest BCUT2D eigenvalue weighted by Crippen LogP contribution is 2.26. The molecule has 4 rings (SSSR count). The van der Waals surface area contributed by atoms with Gasteiger partial charge in [-0.25, -0.2) is 13.4 Å². The van der Waals surface area contributed by atoms with Crippen LogP contribution in [0.2, 0.25) is 0 Å². The fraction of sp³-hybridized carbons (Fsp3) is 0.444. The number of sulfonamides is 1. The normalized spacial score (nSPS) is 19.7. The summed E-state index contributed by atoms with van der Waals surface area (Å²) < 4.78 is 30.9. The molecule has 7 nitrogen and oxygen atoms in total. The molecule has 1 fully saturated rings. The number of nitrogens with zero attached hydrogens (tertiary/aromatic N) is 5. The maximum atomic E-state index is 12.8. The summed E-state index contributed by atoms with van der Waals surface area (Å²) in [5, 5.41) is 0.137. The van der Waals surface area contributed by atoms with Crippen molar-refractivity contribution in [1.29, 1.82) is 0 Å². The van der Waals surface area contributed by atoms with E-state index in [0.717, 1.165) is 36.9 Å². The van der Waals surface area contributed by atoms with Gasteiger partial charge >= 0.3 is 0 Å². The zero-order valence-corrected chi connectivity index (χ0v) is 15.6. The molecule has 0 aromatic carbocycles. The first-order valence-corrected chi connectivity index (χ1v) is 10.4. The Kier molecular flexibility index (Phi) is 4.54. The molecule has 0 spiro atoms. The standard InChI is InChI=1S/C18H23N5O2S/c1-21-13-18(20-14-21)26(24,25)23-9-2-4-15(6-10-23)12-16-17-5-3-8-22(17)11-7-19-16/h3,5,7-8,11,13-15H,2,4,6,9-10,12H2,1H3/t15-/m1/s1. The molecular formula is C18H23N5O2S. The number of fused-ring (bicyclic) bond motifs is 1. The van der Waals surface area contributed by atoms with Crippen LogP contribution in [-0.2, 0) is 23.5 Å². The zero-order chi connectivity index (χ0) is 18.1. The lowest BCUT2D eigenvalue weighted by molar-refractivity contribution is 0.408. The summed E-state index contributed by atoms with van der Waals surface area (Å²) in [7, 11) is -1.73. The third-order valence-corrected chi connectivity index (χ3v) is 6.89. The predicted octanol–water partition coefficient (Wildman–Crippen LogP) is 2.10. The van der Waals surface area contributed by atoms with Crippen LogP contribution in [0, 0.1) is 5.92 Å². The molecule has 0 radical (unpaired) electrons. The lowest BCUT2D eigenvalue weighted by atomic mass is 9.95. The monoisotopic (exact) mass is 373 g/mol. The van der Waals surface area contributed by atoms with Gasteiger partial charge < -0.3 is 8.97 Å². The Labute approximate surface area is 153 Å². The summed E-state index contributed by atoms with van der Waals surface area (Å²) in [6.45, 7) is 1.09. The number of rotatable bonds is 4. The van der Waals surface area contributed by atoms with Crippen molar-refractivity contribution in [3.8, 4) is 0 Å². The molecule has 1 atom stereocenters. The van der Waals surface area contributed by atoms with Crippen LogP contribution in [0.5, 0.6) is 0 Å². The number of hydrogen-bond donors (Lipinski definition) is 0. The van der Waals surface area contributed by atoms with E-state index >= 15 is 0 Å². The van der Waals surface area contributed by atoms with Crippen LogP contribution in [0.4, 0.5) is 0 Å². The third-order valence-electron chi connectivity index (χ3n) is 5.11. The Morgan fingerprint density at radius 3 is 2.88 bits per heavy atom. The molecule has 26 heavy (non-hydrogen) atoms. The fourth-order valence-corrected chi connectivity index (χ4v) is 5.16. The van der Waals surface area contributed by atoms with E-state index in [1.54, 1.807) is 22.1 Å². The van der Waals surface area contributed by atoms with Gasteiger partial charge in [0.1, 0.15) is 0 Å². The van der Waals surface area contributed by atoms with E-state index in [1.165, 1.54) is 6.33 Å². The van der Waals surface area contributed by atoms with Crippen molar-refractivity contribution in [2.75, 3.05) is 13.1 Å². The molecule has 3 aromatic rings. The summed E-state index contributed by atoms with van der Waals surface area (Å²) in [4.78, 5) is 8.59. The molecule has 1 aliphatic heterocycles. The summed E-state index contributed by atoms with van der Waals surface area (Å²) in [6, 6.07) is 4.10. The van der Waals surface area contributed by atoms with Crippen LogP contribution in [0.25, 0.3) is 5.52 Å². The van der Waals surface area contributed by atoms with E-state index in [4.69, 9.17) is 0 Å². The van der Waals surface area contributed by atoms with E-state index < -0.39 is 10.0 Å². The summed E-state index contributed by atoms with van der Waals surface area (Å²) in [6.07, 6.45) is 12.5. The molecule has 0 aliphatic carbocycles. The topological polar surface area (TPSA) is 72.5 Å². The molecule has 1 aliphatic rings. The van der Waals surface area contributed by atoms with Gasteiger partial charge in [0.25, 0.3) is 10.0 Å². The van der Waals surface area contributed by atoms with Crippen molar-refractivity contribution in [3.63, 3.8) is 0 Å². The summed E-state index contributed by atoms with van der Waals surface area (Å²) >= 11 is 0. The van der Waals surface area contributed by atoms with Crippen molar-refractivity contribution >= 4 is 15.5 Å². The average Bonchev–Trinajstić information content (AvgIpc) is 3.20. The molecule has 0 amide bonds. The summed E-state index contributed by atoms with van der Waals surface area (Å²) in [5.74, 6) is 0.438. The van der Waals surface area contributed by atoms with Crippen molar-refractivity contribution in [1.82, 2.24) is 23.2 Å². The van der Waals surface area contributed by atoms with E-state index in [-0.39, 0.29) is 5.03 Å². The third kappa shape index (κ3) is 3.26. The first kappa shape index (κ1) is 17.2. The van der Waals surface area contributed by atoms with Crippen molar-refractivity contribution in [3.05, 3.63) is 48.9 Å². The lowest BCUT2D eigenvalue weighted by Gasteiger charge is -2.19. The smallest absolute Gasteiger partial charge is 0.262 e. The molecule has 0 bridgehead atoms. The van der Waals surface area contributed by atoms with Crippen LogP contribution < -0.4 is 0 Å².